The van der Waals surface area contributed by atoms with Gasteiger partial charge in [0.25, 0.3) is 0 Å². The zero-order valence-corrected chi connectivity index (χ0v) is 11.2. The number of hydrogen-bond donors (Lipinski definition) is 2. The van der Waals surface area contributed by atoms with E-state index in [1.54, 1.807) is 0 Å². The minimum atomic E-state index is 0.763. The largest absolute Gasteiger partial charge is 0.490 e. The van der Waals surface area contributed by atoms with Gasteiger partial charge in [0.15, 0.2) is 0 Å². The van der Waals surface area contributed by atoms with E-state index in [-0.39, 0.29) is 0 Å². The number of rotatable bonds is 1. The lowest BCUT2D eigenvalue weighted by atomic mass is 10.0. The molecule has 2 aliphatic heterocycles. The molecule has 0 spiro atoms. The average molecular weight is 247 g/mol. The molecule has 2 aliphatic rings. The number of ether oxygens (including phenoxy) is 1. The normalized spacial score (nSPS) is 18.9. The predicted octanol–water partition coefficient (Wildman–Crippen LogP) is 1.52. The summed E-state index contributed by atoms with van der Waals surface area (Å²) in [4.78, 5) is 2.48. The van der Waals surface area contributed by atoms with Crippen LogP contribution in [0.1, 0.15) is 11.1 Å². The van der Waals surface area contributed by atoms with Gasteiger partial charge in [-0.3, -0.25) is 0 Å². The van der Waals surface area contributed by atoms with Crippen LogP contribution in [0.4, 0.5) is 11.4 Å². The number of anilines is 2. The van der Waals surface area contributed by atoms with Crippen molar-refractivity contribution in [2.45, 2.75) is 13.8 Å². The van der Waals surface area contributed by atoms with Crippen molar-refractivity contribution in [2.24, 2.45) is 0 Å². The Kier molecular flexibility index (Phi) is 3.04. The van der Waals surface area contributed by atoms with Crippen molar-refractivity contribution >= 4 is 11.4 Å². The second kappa shape index (κ2) is 4.69. The van der Waals surface area contributed by atoms with Crippen LogP contribution in [0.25, 0.3) is 0 Å². The van der Waals surface area contributed by atoms with Crippen LogP contribution < -0.4 is 20.3 Å². The molecule has 0 aliphatic carbocycles. The molecule has 1 aromatic rings. The van der Waals surface area contributed by atoms with Gasteiger partial charge in [-0.05, 0) is 31.0 Å². The van der Waals surface area contributed by atoms with Gasteiger partial charge in [0.2, 0.25) is 0 Å². The van der Waals surface area contributed by atoms with E-state index in [1.165, 1.54) is 22.5 Å². The average Bonchev–Trinajstić information content (AvgIpc) is 2.40. The molecule has 98 valence electrons. The summed E-state index contributed by atoms with van der Waals surface area (Å²) in [7, 11) is 0. The molecule has 4 nitrogen and oxygen atoms in total. The highest BCUT2D eigenvalue weighted by Gasteiger charge is 2.21. The molecule has 2 N–H and O–H groups in total. The molecule has 0 unspecified atom stereocenters. The molecule has 0 radical (unpaired) electrons. The third-order valence-corrected chi connectivity index (χ3v) is 3.79. The first-order valence-corrected chi connectivity index (χ1v) is 6.74. The number of hydrogen-bond acceptors (Lipinski definition) is 4. The fraction of sp³-hybridized carbons (Fsp3) is 0.571. The number of aryl methyl sites for hydroxylation is 1. The maximum atomic E-state index is 5.73. The molecule has 1 saturated heterocycles. The summed E-state index contributed by atoms with van der Waals surface area (Å²) in [5.41, 5.74) is 5.21. The number of benzene rings is 1. The van der Waals surface area contributed by atoms with Crippen LogP contribution in [0.15, 0.2) is 6.07 Å². The first-order valence-electron chi connectivity index (χ1n) is 6.74. The highest BCUT2D eigenvalue weighted by atomic mass is 16.5. The topological polar surface area (TPSA) is 36.5 Å². The molecule has 2 heterocycles. The van der Waals surface area contributed by atoms with Crippen molar-refractivity contribution in [1.29, 1.82) is 0 Å². The summed E-state index contributed by atoms with van der Waals surface area (Å²) in [6, 6.07) is 2.17. The lowest BCUT2D eigenvalue weighted by molar-refractivity contribution is 0.323. The molecule has 0 aromatic heterocycles. The van der Waals surface area contributed by atoms with E-state index in [4.69, 9.17) is 4.74 Å². The number of fused-ring (bicyclic) bond motifs is 1. The summed E-state index contributed by atoms with van der Waals surface area (Å²) >= 11 is 0. The van der Waals surface area contributed by atoms with E-state index >= 15 is 0 Å². The van der Waals surface area contributed by atoms with E-state index < -0.39 is 0 Å². The predicted molar refractivity (Wildman–Crippen MR) is 75.0 cm³/mol. The standard InChI is InChI=1S/C14H21N3O/c1-10-9-12-13(16-5-8-18-12)11(2)14(10)17-6-3-15-4-7-17/h9,15-16H,3-8H2,1-2H3. The molecule has 0 saturated carbocycles. The van der Waals surface area contributed by atoms with Crippen LogP contribution in [0.3, 0.4) is 0 Å². The zero-order chi connectivity index (χ0) is 12.5. The molecule has 3 rings (SSSR count). The molecule has 0 amide bonds. The molecule has 4 heteroatoms. The highest BCUT2D eigenvalue weighted by molar-refractivity contribution is 5.76. The summed E-state index contributed by atoms with van der Waals surface area (Å²) in [5, 5.41) is 6.87. The van der Waals surface area contributed by atoms with E-state index in [9.17, 15) is 0 Å². The smallest absolute Gasteiger partial charge is 0.143 e. The Balaban J connectivity index is 2.02. The second-order valence-electron chi connectivity index (χ2n) is 5.05. The van der Waals surface area contributed by atoms with Crippen molar-refractivity contribution in [2.75, 3.05) is 49.5 Å². The Bertz CT molecular complexity index is 453. The van der Waals surface area contributed by atoms with Crippen molar-refractivity contribution < 1.29 is 4.74 Å². The van der Waals surface area contributed by atoms with Gasteiger partial charge >= 0.3 is 0 Å². The van der Waals surface area contributed by atoms with Gasteiger partial charge in [0, 0.05) is 38.4 Å². The van der Waals surface area contributed by atoms with Gasteiger partial charge < -0.3 is 20.3 Å². The summed E-state index contributed by atoms with van der Waals surface area (Å²) in [5.74, 6) is 1.01. The minimum absolute atomic E-state index is 0.763. The minimum Gasteiger partial charge on any atom is -0.490 e. The van der Waals surface area contributed by atoms with E-state index in [1.807, 2.05) is 0 Å². The van der Waals surface area contributed by atoms with Gasteiger partial charge in [0.05, 0.1) is 5.69 Å². The first kappa shape index (κ1) is 11.7. The van der Waals surface area contributed by atoms with Crippen LogP contribution in [0.2, 0.25) is 0 Å². The van der Waals surface area contributed by atoms with Gasteiger partial charge in [-0.25, -0.2) is 0 Å². The van der Waals surface area contributed by atoms with Crippen LogP contribution in [0, 0.1) is 13.8 Å². The van der Waals surface area contributed by atoms with Crippen LogP contribution in [0.5, 0.6) is 5.75 Å². The maximum absolute atomic E-state index is 5.73. The first-order chi connectivity index (χ1) is 8.77. The Morgan fingerprint density at radius 1 is 1.17 bits per heavy atom. The van der Waals surface area contributed by atoms with E-state index in [2.05, 4.69) is 35.4 Å². The molecule has 0 bridgehead atoms. The van der Waals surface area contributed by atoms with Crippen molar-refractivity contribution in [1.82, 2.24) is 5.32 Å². The van der Waals surface area contributed by atoms with Crippen molar-refractivity contribution in [3.63, 3.8) is 0 Å². The van der Waals surface area contributed by atoms with Gasteiger partial charge in [0.1, 0.15) is 12.4 Å². The zero-order valence-electron chi connectivity index (χ0n) is 11.2. The SMILES string of the molecule is Cc1cc2c(c(C)c1N1CCNCC1)NCCO2. The van der Waals surface area contributed by atoms with Gasteiger partial charge in [-0.15, -0.1) is 0 Å². The highest BCUT2D eigenvalue weighted by Crippen LogP contribution is 2.39. The molecule has 0 atom stereocenters. The molecular formula is C14H21N3O. The Hall–Kier alpha value is -1.42. The fourth-order valence-corrected chi connectivity index (χ4v) is 2.98. The summed E-state index contributed by atoms with van der Waals surface area (Å²) in [6.45, 7) is 10.4. The quantitative estimate of drug-likeness (QED) is 0.789. The fourth-order valence-electron chi connectivity index (χ4n) is 2.98. The second-order valence-corrected chi connectivity index (χ2v) is 5.05. The van der Waals surface area contributed by atoms with Crippen LogP contribution >= 0.6 is 0 Å². The molecule has 1 fully saturated rings. The Labute approximate surface area is 108 Å². The van der Waals surface area contributed by atoms with Crippen LogP contribution in [-0.2, 0) is 0 Å². The lowest BCUT2D eigenvalue weighted by Gasteiger charge is -2.34. The van der Waals surface area contributed by atoms with Crippen LogP contribution in [-0.4, -0.2) is 39.3 Å². The lowest BCUT2D eigenvalue weighted by Crippen LogP contribution is -2.44. The molecule has 18 heavy (non-hydrogen) atoms. The molecular weight excluding hydrogens is 226 g/mol. The summed E-state index contributed by atoms with van der Waals surface area (Å²) in [6.07, 6.45) is 0. The Morgan fingerprint density at radius 3 is 2.72 bits per heavy atom. The summed E-state index contributed by atoms with van der Waals surface area (Å²) < 4.78 is 5.73. The number of piperazine rings is 1. The number of nitrogens with one attached hydrogen (secondary N) is 2. The van der Waals surface area contributed by atoms with Crippen molar-refractivity contribution in [3.8, 4) is 5.75 Å². The monoisotopic (exact) mass is 247 g/mol. The van der Waals surface area contributed by atoms with Crippen molar-refractivity contribution in [3.05, 3.63) is 17.2 Å². The van der Waals surface area contributed by atoms with Gasteiger partial charge in [-0.2, -0.15) is 0 Å². The van der Waals surface area contributed by atoms with E-state index in [0.29, 0.717) is 0 Å². The number of nitrogens with zero attached hydrogens (tertiary/aromatic N) is 1. The third-order valence-electron chi connectivity index (χ3n) is 3.79. The maximum Gasteiger partial charge on any atom is 0.143 e. The van der Waals surface area contributed by atoms with E-state index in [0.717, 1.165) is 45.1 Å². The molecule has 1 aromatic carbocycles. The third kappa shape index (κ3) is 1.90. The Morgan fingerprint density at radius 2 is 1.94 bits per heavy atom. The van der Waals surface area contributed by atoms with Gasteiger partial charge in [-0.1, -0.05) is 0 Å².